The Morgan fingerprint density at radius 3 is 2.90 bits per heavy atom. The molecule has 0 aliphatic carbocycles. The van der Waals surface area contributed by atoms with E-state index in [9.17, 15) is 4.79 Å². The standard InChI is InChI=1S/C7H7BrNO/c1-9-3-2-6(8)4-7(9)5-10/h2-5H,1H3/q+1. The Balaban J connectivity index is 3.21. The first-order chi connectivity index (χ1) is 4.74. The number of aromatic nitrogens is 1. The summed E-state index contributed by atoms with van der Waals surface area (Å²) in [5, 5.41) is 0. The number of rotatable bonds is 1. The number of aryl methyl sites for hydroxylation is 1. The highest BCUT2D eigenvalue weighted by molar-refractivity contribution is 9.10. The van der Waals surface area contributed by atoms with Crippen LogP contribution in [-0.2, 0) is 7.05 Å². The number of aldehydes is 1. The molecule has 0 amide bonds. The predicted octanol–water partition coefficient (Wildman–Crippen LogP) is 1.09. The molecule has 0 aromatic carbocycles. The molecule has 0 radical (unpaired) electrons. The van der Waals surface area contributed by atoms with E-state index in [1.54, 1.807) is 10.6 Å². The van der Waals surface area contributed by atoms with E-state index in [1.165, 1.54) is 0 Å². The molecule has 1 rings (SSSR count). The van der Waals surface area contributed by atoms with Crippen LogP contribution < -0.4 is 4.57 Å². The maximum Gasteiger partial charge on any atom is 0.246 e. The molecule has 0 N–H and O–H groups in total. The average molecular weight is 201 g/mol. The summed E-state index contributed by atoms with van der Waals surface area (Å²) in [6.45, 7) is 0. The third-order valence-corrected chi connectivity index (χ3v) is 1.76. The van der Waals surface area contributed by atoms with Crippen LogP contribution in [0.25, 0.3) is 0 Å². The molecule has 0 saturated carbocycles. The van der Waals surface area contributed by atoms with E-state index >= 15 is 0 Å². The van der Waals surface area contributed by atoms with E-state index in [2.05, 4.69) is 15.9 Å². The molecule has 0 saturated heterocycles. The fourth-order valence-electron chi connectivity index (χ4n) is 0.677. The quantitative estimate of drug-likeness (QED) is 0.492. The lowest BCUT2D eigenvalue weighted by molar-refractivity contribution is -0.673. The molecule has 1 aromatic rings. The summed E-state index contributed by atoms with van der Waals surface area (Å²) >= 11 is 3.26. The smallest absolute Gasteiger partial charge is 0.246 e. The minimum Gasteiger partial charge on any atom is -0.291 e. The lowest BCUT2D eigenvalue weighted by Crippen LogP contribution is -2.32. The first kappa shape index (κ1) is 7.41. The summed E-state index contributed by atoms with van der Waals surface area (Å²) in [7, 11) is 1.83. The van der Waals surface area contributed by atoms with Gasteiger partial charge in [0.05, 0.1) is 0 Å². The molecule has 0 aliphatic heterocycles. The van der Waals surface area contributed by atoms with Gasteiger partial charge in [-0.05, 0) is 0 Å². The molecule has 0 fully saturated rings. The highest BCUT2D eigenvalue weighted by Gasteiger charge is 2.03. The zero-order valence-corrected chi connectivity index (χ0v) is 7.13. The van der Waals surface area contributed by atoms with Crippen molar-refractivity contribution in [1.29, 1.82) is 0 Å². The molecule has 10 heavy (non-hydrogen) atoms. The minimum atomic E-state index is 0.661. The Kier molecular flexibility index (Phi) is 2.17. The van der Waals surface area contributed by atoms with Crippen molar-refractivity contribution < 1.29 is 9.36 Å². The van der Waals surface area contributed by atoms with Gasteiger partial charge in [-0.15, -0.1) is 0 Å². The van der Waals surface area contributed by atoms with Crippen molar-refractivity contribution in [2.24, 2.45) is 7.05 Å². The number of hydrogen-bond donors (Lipinski definition) is 0. The van der Waals surface area contributed by atoms with Gasteiger partial charge in [0.15, 0.2) is 6.20 Å². The van der Waals surface area contributed by atoms with Crippen molar-refractivity contribution in [2.45, 2.75) is 0 Å². The van der Waals surface area contributed by atoms with Gasteiger partial charge in [0.25, 0.3) is 0 Å². The van der Waals surface area contributed by atoms with Crippen LogP contribution in [0.1, 0.15) is 10.5 Å². The molecule has 0 aliphatic rings. The zero-order valence-electron chi connectivity index (χ0n) is 5.54. The van der Waals surface area contributed by atoms with Crippen molar-refractivity contribution in [1.82, 2.24) is 0 Å². The Bertz CT molecular complexity index is 260. The van der Waals surface area contributed by atoms with E-state index in [1.807, 2.05) is 19.3 Å². The van der Waals surface area contributed by atoms with Crippen LogP contribution in [0.2, 0.25) is 0 Å². The minimum absolute atomic E-state index is 0.661. The number of nitrogens with zero attached hydrogens (tertiary/aromatic N) is 1. The van der Waals surface area contributed by atoms with Crippen molar-refractivity contribution >= 4 is 22.2 Å². The molecule has 0 atom stereocenters. The monoisotopic (exact) mass is 200 g/mol. The van der Waals surface area contributed by atoms with Gasteiger partial charge in [0.1, 0.15) is 7.05 Å². The maximum absolute atomic E-state index is 10.3. The van der Waals surface area contributed by atoms with Gasteiger partial charge < -0.3 is 0 Å². The van der Waals surface area contributed by atoms with E-state index in [0.717, 1.165) is 10.8 Å². The van der Waals surface area contributed by atoms with Crippen molar-refractivity contribution in [3.63, 3.8) is 0 Å². The average Bonchev–Trinajstić information content (AvgIpc) is 1.94. The predicted molar refractivity (Wildman–Crippen MR) is 40.7 cm³/mol. The van der Waals surface area contributed by atoms with E-state index in [4.69, 9.17) is 0 Å². The van der Waals surface area contributed by atoms with Gasteiger partial charge in [0.2, 0.25) is 12.0 Å². The maximum atomic E-state index is 10.3. The Morgan fingerprint density at radius 1 is 1.70 bits per heavy atom. The number of carbonyl (C=O) groups excluding carboxylic acids is 1. The number of pyridine rings is 1. The van der Waals surface area contributed by atoms with Crippen LogP contribution >= 0.6 is 15.9 Å². The van der Waals surface area contributed by atoms with Gasteiger partial charge in [-0.1, -0.05) is 15.9 Å². The summed E-state index contributed by atoms with van der Waals surface area (Å²) in [6.07, 6.45) is 2.65. The van der Waals surface area contributed by atoms with Gasteiger partial charge in [-0.25, -0.2) is 0 Å². The molecule has 0 bridgehead atoms. The molecule has 0 unspecified atom stereocenters. The fourth-order valence-corrected chi connectivity index (χ4v) is 1.03. The lowest BCUT2D eigenvalue weighted by Gasteiger charge is -1.90. The molecular formula is C7H7BrNO+. The molecular weight excluding hydrogens is 194 g/mol. The lowest BCUT2D eigenvalue weighted by atomic mass is 10.4. The Hall–Kier alpha value is -0.700. The summed E-state index contributed by atoms with van der Waals surface area (Å²) in [4.78, 5) is 10.3. The van der Waals surface area contributed by atoms with Crippen LogP contribution in [-0.4, -0.2) is 6.29 Å². The third-order valence-electron chi connectivity index (χ3n) is 1.27. The molecule has 3 heteroatoms. The van der Waals surface area contributed by atoms with Gasteiger partial charge >= 0.3 is 0 Å². The van der Waals surface area contributed by atoms with Crippen LogP contribution in [0.15, 0.2) is 22.8 Å². The largest absolute Gasteiger partial charge is 0.291 e. The van der Waals surface area contributed by atoms with Crippen LogP contribution in [0.5, 0.6) is 0 Å². The Labute approximate surface area is 67.6 Å². The van der Waals surface area contributed by atoms with Crippen molar-refractivity contribution in [3.8, 4) is 0 Å². The van der Waals surface area contributed by atoms with Crippen LogP contribution in [0.4, 0.5) is 0 Å². The molecule has 1 aromatic heterocycles. The second-order valence-electron chi connectivity index (χ2n) is 2.00. The molecule has 0 spiro atoms. The van der Waals surface area contributed by atoms with Crippen LogP contribution in [0, 0.1) is 0 Å². The highest BCUT2D eigenvalue weighted by Crippen LogP contribution is 2.06. The SMILES string of the molecule is C[n+]1ccc(Br)cc1C=O. The molecule has 2 nitrogen and oxygen atoms in total. The van der Waals surface area contributed by atoms with E-state index < -0.39 is 0 Å². The topological polar surface area (TPSA) is 20.9 Å². The molecule has 1 heterocycles. The normalized spacial score (nSPS) is 9.40. The van der Waals surface area contributed by atoms with Crippen molar-refractivity contribution in [2.75, 3.05) is 0 Å². The summed E-state index contributed by atoms with van der Waals surface area (Å²) < 4.78 is 2.69. The first-order valence-corrected chi connectivity index (χ1v) is 3.63. The second-order valence-corrected chi connectivity index (χ2v) is 2.91. The van der Waals surface area contributed by atoms with E-state index in [-0.39, 0.29) is 0 Å². The van der Waals surface area contributed by atoms with E-state index in [0.29, 0.717) is 5.69 Å². The first-order valence-electron chi connectivity index (χ1n) is 2.84. The fraction of sp³-hybridized carbons (Fsp3) is 0.143. The van der Waals surface area contributed by atoms with Crippen molar-refractivity contribution in [3.05, 3.63) is 28.5 Å². The van der Waals surface area contributed by atoms with Crippen LogP contribution in [0.3, 0.4) is 0 Å². The second kappa shape index (κ2) is 2.92. The number of hydrogen-bond acceptors (Lipinski definition) is 1. The summed E-state index contributed by atoms with van der Waals surface area (Å²) in [5.41, 5.74) is 0.661. The molecule has 52 valence electrons. The third kappa shape index (κ3) is 1.42. The zero-order chi connectivity index (χ0) is 7.56. The highest BCUT2D eigenvalue weighted by atomic mass is 79.9. The summed E-state index contributed by atoms with van der Waals surface area (Å²) in [5.74, 6) is 0. The number of halogens is 1. The summed E-state index contributed by atoms with van der Waals surface area (Å²) in [6, 6.07) is 3.65. The Morgan fingerprint density at radius 2 is 2.40 bits per heavy atom. The number of carbonyl (C=O) groups is 1. The van der Waals surface area contributed by atoms with Gasteiger partial charge in [-0.3, -0.25) is 4.79 Å². The van der Waals surface area contributed by atoms with Gasteiger partial charge in [0, 0.05) is 16.6 Å². The van der Waals surface area contributed by atoms with Gasteiger partial charge in [-0.2, -0.15) is 4.57 Å².